The molecule has 106 valence electrons. The Labute approximate surface area is 124 Å². The van der Waals surface area contributed by atoms with Gasteiger partial charge in [-0.1, -0.05) is 25.4 Å². The van der Waals surface area contributed by atoms with E-state index in [0.717, 1.165) is 11.5 Å². The van der Waals surface area contributed by atoms with Crippen molar-refractivity contribution in [2.45, 2.75) is 26.3 Å². The molecule has 0 saturated heterocycles. The predicted octanol–water partition coefficient (Wildman–Crippen LogP) is 3.77. The second-order valence-corrected chi connectivity index (χ2v) is 5.22. The van der Waals surface area contributed by atoms with Gasteiger partial charge >= 0.3 is 0 Å². The summed E-state index contributed by atoms with van der Waals surface area (Å²) in [6.45, 7) is 4.77. The van der Waals surface area contributed by atoms with Gasteiger partial charge in [-0.3, -0.25) is 0 Å². The van der Waals surface area contributed by atoms with Gasteiger partial charge in [0.05, 0.1) is 6.20 Å². The van der Waals surface area contributed by atoms with E-state index in [1.807, 2.05) is 19.2 Å². The minimum absolute atomic E-state index is 0.287. The topological polar surface area (TPSA) is 47.0 Å². The molecule has 2 rings (SSSR count). The maximum absolute atomic E-state index is 5.86. The molecule has 2 aromatic rings. The molecule has 0 aliphatic heterocycles. The number of nitrogens with zero attached hydrogens (tertiary/aromatic N) is 2. The summed E-state index contributed by atoms with van der Waals surface area (Å²) < 4.78 is 5.83. The fourth-order valence-electron chi connectivity index (χ4n) is 1.71. The van der Waals surface area contributed by atoms with Crippen molar-refractivity contribution < 1.29 is 4.74 Å². The molecule has 4 nitrogen and oxygen atoms in total. The Morgan fingerprint density at radius 1 is 1.25 bits per heavy atom. The van der Waals surface area contributed by atoms with Crippen LogP contribution in [0.2, 0.25) is 5.02 Å². The molecule has 0 aliphatic rings. The molecule has 0 amide bonds. The molecule has 0 aliphatic carbocycles. The van der Waals surface area contributed by atoms with Crippen LogP contribution in [0, 0.1) is 0 Å². The molecule has 0 unspecified atom stereocenters. The van der Waals surface area contributed by atoms with Crippen molar-refractivity contribution >= 4 is 11.6 Å². The van der Waals surface area contributed by atoms with Gasteiger partial charge in [-0.15, -0.1) is 0 Å². The highest BCUT2D eigenvalue weighted by Crippen LogP contribution is 2.25. The highest BCUT2D eigenvalue weighted by Gasteiger charge is 2.11. The van der Waals surface area contributed by atoms with Crippen LogP contribution < -0.4 is 10.1 Å². The fourth-order valence-corrected chi connectivity index (χ4v) is 1.83. The zero-order chi connectivity index (χ0) is 14.5. The van der Waals surface area contributed by atoms with Crippen LogP contribution >= 0.6 is 11.6 Å². The van der Waals surface area contributed by atoms with Crippen LogP contribution in [0.1, 0.15) is 31.3 Å². The molecule has 1 aromatic carbocycles. The molecule has 5 heteroatoms. The molecule has 1 N–H and O–H groups in total. The number of nitrogens with one attached hydrogen (secondary N) is 1. The van der Waals surface area contributed by atoms with Crippen LogP contribution in [0.25, 0.3) is 0 Å². The summed E-state index contributed by atoms with van der Waals surface area (Å²) in [6, 6.07) is 7.22. The summed E-state index contributed by atoms with van der Waals surface area (Å²) in [6.07, 6.45) is 1.73. The fraction of sp³-hybridized carbons (Fsp3) is 0.333. The van der Waals surface area contributed by atoms with E-state index in [4.69, 9.17) is 16.3 Å². The Bertz CT molecular complexity index is 570. The molecule has 1 aromatic heterocycles. The first kappa shape index (κ1) is 14.8. The number of hydrogen-bond donors (Lipinski definition) is 1. The average Bonchev–Trinajstić information content (AvgIpc) is 2.43. The lowest BCUT2D eigenvalue weighted by Crippen LogP contribution is -2.11. The maximum atomic E-state index is 5.86. The molecule has 0 radical (unpaired) electrons. The van der Waals surface area contributed by atoms with Crippen LogP contribution in [-0.4, -0.2) is 17.0 Å². The Kier molecular flexibility index (Phi) is 4.93. The summed E-state index contributed by atoms with van der Waals surface area (Å²) in [5.41, 5.74) is 0.848. The predicted molar refractivity (Wildman–Crippen MR) is 80.4 cm³/mol. The van der Waals surface area contributed by atoms with Gasteiger partial charge in [0.25, 0.3) is 0 Å². The van der Waals surface area contributed by atoms with E-state index in [9.17, 15) is 0 Å². The number of aromatic nitrogens is 2. The zero-order valence-corrected chi connectivity index (χ0v) is 12.6. The molecular formula is C15H18ClN3O. The molecule has 0 fully saturated rings. The highest BCUT2D eigenvalue weighted by atomic mass is 35.5. The lowest BCUT2D eigenvalue weighted by molar-refractivity contribution is 0.464. The van der Waals surface area contributed by atoms with Crippen molar-refractivity contribution in [3.63, 3.8) is 0 Å². The van der Waals surface area contributed by atoms with E-state index in [2.05, 4.69) is 29.1 Å². The van der Waals surface area contributed by atoms with E-state index in [1.54, 1.807) is 18.3 Å². The van der Waals surface area contributed by atoms with E-state index in [1.165, 1.54) is 0 Å². The molecule has 0 saturated carbocycles. The van der Waals surface area contributed by atoms with Gasteiger partial charge in [0.15, 0.2) is 5.75 Å². The first-order chi connectivity index (χ1) is 9.60. The summed E-state index contributed by atoms with van der Waals surface area (Å²) in [5.74, 6) is 2.48. The van der Waals surface area contributed by atoms with E-state index in [0.29, 0.717) is 23.1 Å². The number of hydrogen-bond acceptors (Lipinski definition) is 4. The van der Waals surface area contributed by atoms with E-state index in [-0.39, 0.29) is 5.92 Å². The quantitative estimate of drug-likeness (QED) is 0.911. The van der Waals surface area contributed by atoms with Gasteiger partial charge in [-0.05, 0) is 31.3 Å². The minimum Gasteiger partial charge on any atom is -0.454 e. The number of rotatable bonds is 5. The van der Waals surface area contributed by atoms with E-state index >= 15 is 0 Å². The monoisotopic (exact) mass is 291 g/mol. The highest BCUT2D eigenvalue weighted by molar-refractivity contribution is 6.30. The lowest BCUT2D eigenvalue weighted by atomic mass is 10.2. The Balaban J connectivity index is 2.27. The van der Waals surface area contributed by atoms with Crippen LogP contribution in [-0.2, 0) is 6.54 Å². The van der Waals surface area contributed by atoms with Crippen LogP contribution in [0.4, 0.5) is 0 Å². The summed E-state index contributed by atoms with van der Waals surface area (Å²) >= 11 is 5.86. The largest absolute Gasteiger partial charge is 0.454 e. The second-order valence-electron chi connectivity index (χ2n) is 4.78. The summed E-state index contributed by atoms with van der Waals surface area (Å²) in [4.78, 5) is 8.90. The molecule has 20 heavy (non-hydrogen) atoms. The Morgan fingerprint density at radius 2 is 1.95 bits per heavy atom. The second kappa shape index (κ2) is 6.68. The van der Waals surface area contributed by atoms with Crippen LogP contribution in [0.5, 0.6) is 11.5 Å². The maximum Gasteiger partial charge on any atom is 0.168 e. The van der Waals surface area contributed by atoms with Crippen molar-refractivity contribution in [3.05, 3.63) is 47.0 Å². The van der Waals surface area contributed by atoms with Crippen molar-refractivity contribution in [1.82, 2.24) is 15.3 Å². The zero-order valence-electron chi connectivity index (χ0n) is 11.9. The third-order valence-electron chi connectivity index (χ3n) is 2.75. The molecule has 0 atom stereocenters. The van der Waals surface area contributed by atoms with Crippen molar-refractivity contribution in [1.29, 1.82) is 0 Å². The van der Waals surface area contributed by atoms with Gasteiger partial charge in [-0.25, -0.2) is 9.97 Å². The van der Waals surface area contributed by atoms with Gasteiger partial charge in [-0.2, -0.15) is 0 Å². The summed E-state index contributed by atoms with van der Waals surface area (Å²) in [5, 5.41) is 3.77. The van der Waals surface area contributed by atoms with Crippen molar-refractivity contribution in [2.24, 2.45) is 0 Å². The average molecular weight is 292 g/mol. The van der Waals surface area contributed by atoms with Crippen molar-refractivity contribution in [2.75, 3.05) is 7.05 Å². The van der Waals surface area contributed by atoms with Gasteiger partial charge in [0.1, 0.15) is 17.3 Å². The third kappa shape index (κ3) is 3.68. The van der Waals surface area contributed by atoms with Gasteiger partial charge < -0.3 is 10.1 Å². The SMILES string of the molecule is CNCc1nc(C(C)C)ncc1Oc1ccc(Cl)cc1. The van der Waals surface area contributed by atoms with E-state index < -0.39 is 0 Å². The number of halogens is 1. The number of benzene rings is 1. The molecule has 0 spiro atoms. The van der Waals surface area contributed by atoms with Gasteiger partial charge in [0, 0.05) is 17.5 Å². The first-order valence-electron chi connectivity index (χ1n) is 6.54. The van der Waals surface area contributed by atoms with Gasteiger partial charge in [0.2, 0.25) is 0 Å². The number of ether oxygens (including phenoxy) is 1. The molecular weight excluding hydrogens is 274 g/mol. The van der Waals surface area contributed by atoms with Crippen LogP contribution in [0.3, 0.4) is 0 Å². The van der Waals surface area contributed by atoms with Crippen molar-refractivity contribution in [3.8, 4) is 11.5 Å². The van der Waals surface area contributed by atoms with Crippen LogP contribution in [0.15, 0.2) is 30.5 Å². The Morgan fingerprint density at radius 3 is 2.55 bits per heavy atom. The molecule has 0 bridgehead atoms. The normalized spacial score (nSPS) is 10.8. The Hall–Kier alpha value is -1.65. The smallest absolute Gasteiger partial charge is 0.168 e. The first-order valence-corrected chi connectivity index (χ1v) is 6.91. The molecule has 1 heterocycles. The summed E-state index contributed by atoms with van der Waals surface area (Å²) in [7, 11) is 1.88. The standard InChI is InChI=1S/C15H18ClN3O/c1-10(2)15-18-9-14(13(19-15)8-17-3)20-12-6-4-11(16)5-7-12/h4-7,9-10,17H,8H2,1-3H3. The third-order valence-corrected chi connectivity index (χ3v) is 3.00. The minimum atomic E-state index is 0.287. The lowest BCUT2D eigenvalue weighted by Gasteiger charge is -2.12.